The van der Waals surface area contributed by atoms with E-state index in [1.807, 2.05) is 12.1 Å². The summed E-state index contributed by atoms with van der Waals surface area (Å²) in [5, 5.41) is 11.7. The summed E-state index contributed by atoms with van der Waals surface area (Å²) < 4.78 is 25.8. The summed E-state index contributed by atoms with van der Waals surface area (Å²) in [7, 11) is 2.78. The van der Waals surface area contributed by atoms with Crippen LogP contribution in [-0.4, -0.2) is 44.1 Å². The number of aliphatic hydroxyl groups is 1. The number of halogens is 2. The number of methoxy groups -OCH3 is 2. The molecule has 3 aromatic rings. The van der Waals surface area contributed by atoms with Crippen molar-refractivity contribution < 1.29 is 28.6 Å². The molecule has 0 aliphatic carbocycles. The van der Waals surface area contributed by atoms with Crippen molar-refractivity contribution in [3.05, 3.63) is 88.2 Å². The predicted octanol–water partition coefficient (Wildman–Crippen LogP) is 5.72. The third-order valence-electron chi connectivity index (χ3n) is 6.97. The fourth-order valence-corrected chi connectivity index (χ4v) is 5.31. The molecular weight excluding hydrogens is 511 g/mol. The Bertz CT molecular complexity index is 1430. The lowest BCUT2D eigenvalue weighted by Gasteiger charge is -2.26. The van der Waals surface area contributed by atoms with Gasteiger partial charge in [0.05, 0.1) is 36.4 Å². The van der Waals surface area contributed by atoms with E-state index in [-0.39, 0.29) is 33.2 Å². The molecule has 1 N–H and O–H groups in total. The second-order valence-electron chi connectivity index (χ2n) is 9.09. The van der Waals surface area contributed by atoms with Crippen molar-refractivity contribution in [1.29, 1.82) is 0 Å². The third-order valence-corrected chi connectivity index (χ3v) is 7.27. The molecule has 3 aromatic carbocycles. The Labute approximate surface area is 224 Å². The molecular formula is C29H26ClFN2O5. The molecule has 7 nitrogen and oxygen atoms in total. The van der Waals surface area contributed by atoms with Crippen LogP contribution < -0.4 is 19.3 Å². The summed E-state index contributed by atoms with van der Waals surface area (Å²) in [5.74, 6) is -2.60. The topological polar surface area (TPSA) is 79.3 Å². The number of hydrogen-bond donors (Lipinski definition) is 1. The van der Waals surface area contributed by atoms with E-state index in [2.05, 4.69) is 4.90 Å². The Morgan fingerprint density at radius 2 is 1.58 bits per heavy atom. The molecule has 9 heteroatoms. The second kappa shape index (κ2) is 10.4. The molecule has 0 aromatic heterocycles. The minimum atomic E-state index is -1.22. The van der Waals surface area contributed by atoms with E-state index >= 15 is 4.39 Å². The molecule has 38 heavy (non-hydrogen) atoms. The van der Waals surface area contributed by atoms with Crippen LogP contribution in [0.3, 0.4) is 0 Å². The van der Waals surface area contributed by atoms with Crippen molar-refractivity contribution in [2.24, 2.45) is 0 Å². The van der Waals surface area contributed by atoms with Crippen LogP contribution in [0, 0.1) is 5.82 Å². The van der Waals surface area contributed by atoms with Crippen LogP contribution >= 0.6 is 11.6 Å². The van der Waals surface area contributed by atoms with Gasteiger partial charge < -0.3 is 19.5 Å². The van der Waals surface area contributed by atoms with Crippen molar-refractivity contribution in [3.8, 4) is 11.5 Å². The first-order valence-electron chi connectivity index (χ1n) is 12.2. The lowest BCUT2D eigenvalue weighted by Crippen LogP contribution is -2.30. The third kappa shape index (κ3) is 4.35. The number of ether oxygens (including phenoxy) is 2. The van der Waals surface area contributed by atoms with Gasteiger partial charge in [-0.1, -0.05) is 29.8 Å². The zero-order chi connectivity index (χ0) is 27.0. The number of rotatable bonds is 6. The first kappa shape index (κ1) is 25.6. The molecule has 5 rings (SSSR count). The van der Waals surface area contributed by atoms with Crippen LogP contribution in [0.2, 0.25) is 5.02 Å². The van der Waals surface area contributed by atoms with Crippen molar-refractivity contribution >= 4 is 40.4 Å². The molecule has 1 unspecified atom stereocenters. The fraction of sp³-hybridized carbons (Fsp3) is 0.241. The van der Waals surface area contributed by atoms with Gasteiger partial charge in [-0.3, -0.25) is 14.5 Å². The Kier molecular flexibility index (Phi) is 6.99. The average molecular weight is 537 g/mol. The monoisotopic (exact) mass is 536 g/mol. The number of amides is 1. The van der Waals surface area contributed by atoms with E-state index in [0.717, 1.165) is 31.6 Å². The van der Waals surface area contributed by atoms with Crippen LogP contribution in [0.1, 0.15) is 30.0 Å². The van der Waals surface area contributed by atoms with Gasteiger partial charge in [-0.25, -0.2) is 4.39 Å². The predicted molar refractivity (Wildman–Crippen MR) is 144 cm³/mol. The van der Waals surface area contributed by atoms with Gasteiger partial charge in [0.2, 0.25) is 0 Å². The maximum Gasteiger partial charge on any atom is 0.300 e. The van der Waals surface area contributed by atoms with Gasteiger partial charge in [-0.05, 0) is 49.2 Å². The van der Waals surface area contributed by atoms with Crippen molar-refractivity contribution in [3.63, 3.8) is 0 Å². The van der Waals surface area contributed by atoms with Crippen LogP contribution in [0.25, 0.3) is 5.76 Å². The quantitative estimate of drug-likeness (QED) is 0.246. The van der Waals surface area contributed by atoms with E-state index in [0.29, 0.717) is 5.69 Å². The normalized spacial score (nSPS) is 18.8. The van der Waals surface area contributed by atoms with Crippen molar-refractivity contribution in [1.82, 2.24) is 0 Å². The Balaban J connectivity index is 1.69. The molecule has 2 saturated heterocycles. The first-order chi connectivity index (χ1) is 18.3. The van der Waals surface area contributed by atoms with E-state index in [4.69, 9.17) is 21.1 Å². The van der Waals surface area contributed by atoms with E-state index < -0.39 is 29.3 Å². The molecule has 2 heterocycles. The SMILES string of the molecule is COc1cc(/C(O)=C2\C(=O)C(=O)N(c3ccc(N4CCCC4)cc3)C2c2ccccc2F)c(OC)cc1Cl. The van der Waals surface area contributed by atoms with Gasteiger partial charge in [0.1, 0.15) is 23.1 Å². The zero-order valence-electron chi connectivity index (χ0n) is 20.9. The highest BCUT2D eigenvalue weighted by Gasteiger charge is 2.48. The van der Waals surface area contributed by atoms with Crippen LogP contribution in [0.4, 0.5) is 15.8 Å². The van der Waals surface area contributed by atoms with E-state index in [1.54, 1.807) is 18.2 Å². The largest absolute Gasteiger partial charge is 0.507 e. The van der Waals surface area contributed by atoms with Gasteiger partial charge in [-0.15, -0.1) is 0 Å². The standard InChI is InChI=1S/C29H26ClFN2O5/c1-37-23-16-21(30)24(38-2)15-20(23)27(34)25-26(19-7-3-4-8-22(19)31)33(29(36)28(25)35)18-11-9-17(10-12-18)32-13-5-6-14-32/h3-4,7-12,15-16,26,34H,5-6,13-14H2,1-2H3/b27-25+. The number of anilines is 2. The lowest BCUT2D eigenvalue weighted by molar-refractivity contribution is -0.132. The summed E-state index contributed by atoms with van der Waals surface area (Å²) >= 11 is 6.22. The summed E-state index contributed by atoms with van der Waals surface area (Å²) in [6, 6.07) is 14.7. The molecule has 2 fully saturated rings. The maximum atomic E-state index is 15.2. The first-order valence-corrected chi connectivity index (χ1v) is 12.6. The van der Waals surface area contributed by atoms with Gasteiger partial charge in [0, 0.05) is 36.1 Å². The van der Waals surface area contributed by atoms with Gasteiger partial charge in [-0.2, -0.15) is 0 Å². The molecule has 2 aliphatic heterocycles. The fourth-order valence-electron chi connectivity index (χ4n) is 5.08. The Morgan fingerprint density at radius 1 is 0.947 bits per heavy atom. The lowest BCUT2D eigenvalue weighted by atomic mass is 9.94. The number of aliphatic hydroxyl groups excluding tert-OH is 1. The van der Waals surface area contributed by atoms with Crippen LogP contribution in [0.5, 0.6) is 11.5 Å². The summed E-state index contributed by atoms with van der Waals surface area (Å²) in [6.45, 7) is 1.90. The highest BCUT2D eigenvalue weighted by Crippen LogP contribution is 2.45. The Morgan fingerprint density at radius 3 is 2.21 bits per heavy atom. The van der Waals surface area contributed by atoms with Crippen molar-refractivity contribution in [2.75, 3.05) is 37.1 Å². The smallest absolute Gasteiger partial charge is 0.300 e. The van der Waals surface area contributed by atoms with Crippen LogP contribution in [-0.2, 0) is 9.59 Å². The molecule has 2 aliphatic rings. The molecule has 0 bridgehead atoms. The molecule has 0 saturated carbocycles. The summed E-state index contributed by atoms with van der Waals surface area (Å²) in [4.78, 5) is 30.4. The number of hydrogen-bond acceptors (Lipinski definition) is 6. The number of carbonyl (C=O) groups is 2. The summed E-state index contributed by atoms with van der Waals surface area (Å²) in [5.41, 5.74) is 1.28. The average Bonchev–Trinajstić information content (AvgIpc) is 3.56. The van der Waals surface area contributed by atoms with Crippen LogP contribution in [0.15, 0.2) is 66.2 Å². The molecule has 0 spiro atoms. The van der Waals surface area contributed by atoms with Crippen molar-refractivity contribution in [2.45, 2.75) is 18.9 Å². The summed E-state index contributed by atoms with van der Waals surface area (Å²) in [6.07, 6.45) is 2.23. The van der Waals surface area contributed by atoms with Gasteiger partial charge in [0.25, 0.3) is 11.7 Å². The number of ketones is 1. The number of Topliss-reactive ketones (excluding diaryl/α,β-unsaturated/α-hetero) is 1. The highest BCUT2D eigenvalue weighted by molar-refractivity contribution is 6.51. The van der Waals surface area contributed by atoms with Gasteiger partial charge >= 0.3 is 0 Å². The molecule has 196 valence electrons. The highest BCUT2D eigenvalue weighted by atomic mass is 35.5. The second-order valence-corrected chi connectivity index (χ2v) is 9.50. The molecule has 1 atom stereocenters. The maximum absolute atomic E-state index is 15.2. The zero-order valence-corrected chi connectivity index (χ0v) is 21.7. The number of nitrogens with zero attached hydrogens (tertiary/aromatic N) is 2. The number of benzene rings is 3. The van der Waals surface area contributed by atoms with E-state index in [9.17, 15) is 14.7 Å². The number of carbonyl (C=O) groups excluding carboxylic acids is 2. The van der Waals surface area contributed by atoms with E-state index in [1.165, 1.54) is 49.5 Å². The molecule has 1 amide bonds. The van der Waals surface area contributed by atoms with Gasteiger partial charge in [0.15, 0.2) is 0 Å². The minimum absolute atomic E-state index is 0.0664. The minimum Gasteiger partial charge on any atom is -0.507 e. The molecule has 0 radical (unpaired) electrons. The Hall–Kier alpha value is -4.04.